The zero-order valence-corrected chi connectivity index (χ0v) is 23.7. The maximum absolute atomic E-state index is 13.7. The molecule has 0 bridgehead atoms. The molecular weight excluding hydrogens is 512 g/mol. The minimum atomic E-state index is -0.174. The minimum absolute atomic E-state index is 0.0553. The van der Waals surface area contributed by atoms with E-state index in [1.807, 2.05) is 35.0 Å². The summed E-state index contributed by atoms with van der Waals surface area (Å²) in [6.07, 6.45) is 0. The van der Waals surface area contributed by atoms with Crippen molar-refractivity contribution in [3.05, 3.63) is 87.6 Å². The number of anilines is 1. The molecule has 0 saturated heterocycles. The molecule has 0 saturated carbocycles. The van der Waals surface area contributed by atoms with E-state index < -0.39 is 0 Å². The quantitative estimate of drug-likeness (QED) is 0.303. The molecule has 2 aromatic heterocycles. The minimum Gasteiger partial charge on any atom is -0.354 e. The summed E-state index contributed by atoms with van der Waals surface area (Å²) in [5, 5.41) is 12.3. The Morgan fingerprint density at radius 1 is 1.11 bits per heavy atom. The summed E-state index contributed by atoms with van der Waals surface area (Å²) in [6, 6.07) is 18.3. The van der Waals surface area contributed by atoms with Gasteiger partial charge in [0, 0.05) is 17.7 Å². The molecule has 2 aromatic carbocycles. The zero-order valence-electron chi connectivity index (χ0n) is 22.1. The number of aryl methyl sites for hydroxylation is 1. The number of thioether (sulfide) groups is 1. The first-order chi connectivity index (χ1) is 18.3. The average Bonchev–Trinajstić information content (AvgIpc) is 3.55. The molecule has 0 fully saturated rings. The third-order valence-corrected chi connectivity index (χ3v) is 8.75. The van der Waals surface area contributed by atoms with Crippen LogP contribution >= 0.6 is 23.1 Å². The lowest BCUT2D eigenvalue weighted by molar-refractivity contribution is -0.123. The Balaban J connectivity index is 1.78. The van der Waals surface area contributed by atoms with Crippen LogP contribution in [0, 0.1) is 19.8 Å². The Hall–Kier alpha value is -3.36. The number of benzene rings is 2. The van der Waals surface area contributed by atoms with Gasteiger partial charge in [0.05, 0.1) is 22.4 Å². The summed E-state index contributed by atoms with van der Waals surface area (Å²) >= 11 is 3.24. The molecule has 1 N–H and O–H groups in total. The van der Waals surface area contributed by atoms with Crippen molar-refractivity contribution in [3.63, 3.8) is 0 Å². The van der Waals surface area contributed by atoms with Gasteiger partial charge in [0.25, 0.3) is 0 Å². The Bertz CT molecular complexity index is 1440. The van der Waals surface area contributed by atoms with Gasteiger partial charge in [-0.1, -0.05) is 56.3 Å². The smallest absolute Gasteiger partial charge is 0.240 e. The first-order valence-electron chi connectivity index (χ1n) is 12.8. The van der Waals surface area contributed by atoms with E-state index in [-0.39, 0.29) is 29.4 Å². The second kappa shape index (κ2) is 11.2. The molecule has 1 aliphatic rings. The highest BCUT2D eigenvalue weighted by Crippen LogP contribution is 2.49. The molecule has 4 aromatic rings. The van der Waals surface area contributed by atoms with Gasteiger partial charge in [-0.25, -0.2) is 4.68 Å². The lowest BCUT2D eigenvalue weighted by Gasteiger charge is -2.24. The SMILES string of the molecule is Cc1cccc(-n2nc(-c3ccccc3)c3c2N(CC(=O)NCC(C)C)C(=O)CS[C@@H]3c2ccsc2)c1C. The lowest BCUT2D eigenvalue weighted by atomic mass is 10.0. The van der Waals surface area contributed by atoms with Crippen LogP contribution in [0.15, 0.2) is 65.4 Å². The van der Waals surface area contributed by atoms with Gasteiger partial charge < -0.3 is 5.32 Å². The van der Waals surface area contributed by atoms with Crippen LogP contribution in [-0.4, -0.2) is 40.4 Å². The summed E-state index contributed by atoms with van der Waals surface area (Å²) in [7, 11) is 0. The van der Waals surface area contributed by atoms with E-state index in [4.69, 9.17) is 5.10 Å². The van der Waals surface area contributed by atoms with Gasteiger partial charge in [-0.3, -0.25) is 14.5 Å². The first-order valence-corrected chi connectivity index (χ1v) is 14.8. The number of thiophene rings is 1. The van der Waals surface area contributed by atoms with Gasteiger partial charge in [-0.15, -0.1) is 11.8 Å². The summed E-state index contributed by atoms with van der Waals surface area (Å²) in [5.74, 6) is 0.987. The number of carbonyl (C=O) groups excluding carboxylic acids is 2. The van der Waals surface area contributed by atoms with Crippen LogP contribution < -0.4 is 10.2 Å². The van der Waals surface area contributed by atoms with Gasteiger partial charge in [0.15, 0.2) is 0 Å². The van der Waals surface area contributed by atoms with Gasteiger partial charge in [-0.2, -0.15) is 16.4 Å². The van der Waals surface area contributed by atoms with Crippen LogP contribution in [0.25, 0.3) is 16.9 Å². The Labute approximate surface area is 232 Å². The molecule has 196 valence electrons. The zero-order chi connectivity index (χ0) is 26.8. The molecule has 0 radical (unpaired) electrons. The van der Waals surface area contributed by atoms with Crippen molar-refractivity contribution in [1.82, 2.24) is 15.1 Å². The van der Waals surface area contributed by atoms with Crippen molar-refractivity contribution in [1.29, 1.82) is 0 Å². The van der Waals surface area contributed by atoms with Crippen molar-refractivity contribution < 1.29 is 9.59 Å². The topological polar surface area (TPSA) is 67.2 Å². The number of nitrogens with one attached hydrogen (secondary N) is 1. The number of fused-ring (bicyclic) bond motifs is 1. The molecule has 2 amide bonds. The van der Waals surface area contributed by atoms with Crippen molar-refractivity contribution in [2.75, 3.05) is 23.7 Å². The number of carbonyl (C=O) groups is 2. The predicted molar refractivity (Wildman–Crippen MR) is 157 cm³/mol. The van der Waals surface area contributed by atoms with E-state index >= 15 is 0 Å². The summed E-state index contributed by atoms with van der Waals surface area (Å²) < 4.78 is 1.89. The van der Waals surface area contributed by atoms with Gasteiger partial charge >= 0.3 is 0 Å². The number of nitrogens with zero attached hydrogens (tertiary/aromatic N) is 3. The molecule has 1 aliphatic heterocycles. The van der Waals surface area contributed by atoms with Crippen LogP contribution in [0.4, 0.5) is 5.82 Å². The number of hydrogen-bond acceptors (Lipinski definition) is 5. The lowest BCUT2D eigenvalue weighted by Crippen LogP contribution is -2.43. The fourth-order valence-corrected chi connectivity index (χ4v) is 6.63. The van der Waals surface area contributed by atoms with Crippen LogP contribution in [0.1, 0.15) is 41.4 Å². The van der Waals surface area contributed by atoms with Gasteiger partial charge in [0.2, 0.25) is 11.8 Å². The van der Waals surface area contributed by atoms with Crippen LogP contribution in [-0.2, 0) is 9.59 Å². The van der Waals surface area contributed by atoms with E-state index in [0.29, 0.717) is 18.3 Å². The molecule has 6 nitrogen and oxygen atoms in total. The highest BCUT2D eigenvalue weighted by Gasteiger charge is 2.38. The number of hydrogen-bond donors (Lipinski definition) is 1. The van der Waals surface area contributed by atoms with E-state index in [0.717, 1.165) is 39.2 Å². The Morgan fingerprint density at radius 2 is 1.89 bits per heavy atom. The average molecular weight is 545 g/mol. The van der Waals surface area contributed by atoms with E-state index in [9.17, 15) is 9.59 Å². The molecule has 0 unspecified atom stereocenters. The fraction of sp³-hybridized carbons (Fsp3) is 0.300. The molecule has 3 heterocycles. The van der Waals surface area contributed by atoms with Gasteiger partial charge in [-0.05, 0) is 59.3 Å². The van der Waals surface area contributed by atoms with E-state index in [1.165, 1.54) is 0 Å². The summed E-state index contributed by atoms with van der Waals surface area (Å²) in [6.45, 7) is 8.76. The van der Waals surface area contributed by atoms with E-state index in [1.54, 1.807) is 28.0 Å². The molecule has 0 spiro atoms. The third kappa shape index (κ3) is 5.15. The van der Waals surface area contributed by atoms with Crippen molar-refractivity contribution in [2.24, 2.45) is 5.92 Å². The van der Waals surface area contributed by atoms with Crippen molar-refractivity contribution in [3.8, 4) is 16.9 Å². The monoisotopic (exact) mass is 544 g/mol. The van der Waals surface area contributed by atoms with E-state index in [2.05, 4.69) is 68.0 Å². The van der Waals surface area contributed by atoms with Crippen LogP contribution in [0.5, 0.6) is 0 Å². The normalized spacial score (nSPS) is 15.4. The first kappa shape index (κ1) is 26.3. The molecule has 38 heavy (non-hydrogen) atoms. The maximum atomic E-state index is 13.7. The fourth-order valence-electron chi connectivity index (χ4n) is 4.67. The summed E-state index contributed by atoms with van der Waals surface area (Å²) in [5.41, 5.74) is 7.02. The van der Waals surface area contributed by atoms with Gasteiger partial charge in [0.1, 0.15) is 12.4 Å². The van der Waals surface area contributed by atoms with Crippen LogP contribution in [0.2, 0.25) is 0 Å². The number of amides is 2. The molecule has 5 rings (SSSR count). The van der Waals surface area contributed by atoms with Crippen molar-refractivity contribution in [2.45, 2.75) is 32.9 Å². The predicted octanol–water partition coefficient (Wildman–Crippen LogP) is 6.16. The Morgan fingerprint density at radius 3 is 2.61 bits per heavy atom. The second-order valence-corrected chi connectivity index (χ2v) is 11.9. The summed E-state index contributed by atoms with van der Waals surface area (Å²) in [4.78, 5) is 28.5. The van der Waals surface area contributed by atoms with Crippen molar-refractivity contribution >= 4 is 40.7 Å². The molecule has 0 aliphatic carbocycles. The molecule has 1 atom stereocenters. The largest absolute Gasteiger partial charge is 0.354 e. The number of rotatable bonds is 7. The standard InChI is InChI=1S/C30H32N4O2S2/c1-19(2)15-31-25(35)16-33-26(36)18-38-29(23-13-14-37-17-23)27-28(22-10-6-5-7-11-22)32-34(30(27)33)24-12-8-9-20(3)21(24)4/h5-14,17,19,29H,15-16,18H2,1-4H3,(H,31,35)/t29-/m1/s1. The van der Waals surface area contributed by atoms with Crippen LogP contribution in [0.3, 0.4) is 0 Å². The Kier molecular flexibility index (Phi) is 7.72. The molecule has 8 heteroatoms. The second-order valence-electron chi connectivity index (χ2n) is 10.0. The maximum Gasteiger partial charge on any atom is 0.240 e. The number of aromatic nitrogens is 2. The molecular formula is C30H32N4O2S2. The highest BCUT2D eigenvalue weighted by atomic mass is 32.2. The highest BCUT2D eigenvalue weighted by molar-refractivity contribution is 8.00. The third-order valence-electron chi connectivity index (χ3n) is 6.80.